The van der Waals surface area contributed by atoms with Crippen molar-refractivity contribution >= 4 is 29.0 Å². The summed E-state index contributed by atoms with van der Waals surface area (Å²) in [7, 11) is 5.33. The van der Waals surface area contributed by atoms with E-state index in [1.54, 1.807) is 24.1 Å². The minimum Gasteiger partial charge on any atom is -0.467 e. The Morgan fingerprint density at radius 2 is 1.73 bits per heavy atom. The van der Waals surface area contributed by atoms with Crippen LogP contribution in [0.25, 0.3) is 0 Å². The average Bonchev–Trinajstić information content (AvgIpc) is 3.12. The molecular formula is C23H27N3O4. The molecule has 0 fully saturated rings. The minimum absolute atomic E-state index is 0.326. The Labute approximate surface area is 176 Å². The van der Waals surface area contributed by atoms with Crippen LogP contribution >= 0.6 is 0 Å². The number of hydrogen-bond donors (Lipinski definition) is 0. The first-order valence-corrected chi connectivity index (χ1v) is 9.81. The highest BCUT2D eigenvalue weighted by Gasteiger charge is 2.47. The van der Waals surface area contributed by atoms with Gasteiger partial charge in [-0.2, -0.15) is 5.10 Å². The van der Waals surface area contributed by atoms with Crippen LogP contribution in [-0.4, -0.2) is 51.0 Å². The lowest BCUT2D eigenvalue weighted by molar-refractivity contribution is -0.146. The van der Waals surface area contributed by atoms with Gasteiger partial charge in [0.15, 0.2) is 5.54 Å². The second kappa shape index (κ2) is 8.57. The Kier molecular flexibility index (Phi) is 6.10. The molecule has 7 heteroatoms. The third kappa shape index (κ3) is 4.01. The molecule has 158 valence electrons. The van der Waals surface area contributed by atoms with Crippen LogP contribution in [0, 0.1) is 0 Å². The van der Waals surface area contributed by atoms with Crippen LogP contribution in [-0.2, 0) is 14.3 Å². The smallest absolute Gasteiger partial charge is 0.338 e. The molecule has 0 amide bonds. The summed E-state index contributed by atoms with van der Waals surface area (Å²) in [5.41, 5.74) is 2.94. The summed E-state index contributed by atoms with van der Waals surface area (Å²) in [5.74, 6) is -0.722. The van der Waals surface area contributed by atoms with E-state index in [0.29, 0.717) is 18.6 Å². The number of ether oxygens (including phenoxy) is 2. The van der Waals surface area contributed by atoms with Crippen molar-refractivity contribution in [3.63, 3.8) is 0 Å². The van der Waals surface area contributed by atoms with Crippen LogP contribution in [0.15, 0.2) is 53.6 Å². The molecular weight excluding hydrogens is 382 g/mol. The van der Waals surface area contributed by atoms with Crippen molar-refractivity contribution < 1.29 is 19.1 Å². The van der Waals surface area contributed by atoms with Gasteiger partial charge in [-0.25, -0.2) is 14.6 Å². The Morgan fingerprint density at radius 1 is 1.10 bits per heavy atom. The van der Waals surface area contributed by atoms with Gasteiger partial charge in [0, 0.05) is 26.2 Å². The molecule has 1 unspecified atom stereocenters. The van der Waals surface area contributed by atoms with E-state index in [-0.39, 0.29) is 11.9 Å². The van der Waals surface area contributed by atoms with Gasteiger partial charge in [-0.1, -0.05) is 12.1 Å². The first kappa shape index (κ1) is 21.4. The van der Waals surface area contributed by atoms with Gasteiger partial charge in [-0.05, 0) is 55.8 Å². The number of hydrazone groups is 1. The molecule has 0 spiro atoms. The molecule has 2 aromatic rings. The number of carbonyl (C=O) groups is 2. The Hall–Kier alpha value is -3.35. The van der Waals surface area contributed by atoms with Crippen LogP contribution in [0.1, 0.15) is 36.2 Å². The molecule has 0 bridgehead atoms. The van der Waals surface area contributed by atoms with Crippen molar-refractivity contribution in [2.45, 2.75) is 25.8 Å². The van der Waals surface area contributed by atoms with E-state index in [2.05, 4.69) is 0 Å². The average molecular weight is 409 g/mol. The maximum atomic E-state index is 12.7. The van der Waals surface area contributed by atoms with Crippen molar-refractivity contribution in [3.8, 4) is 0 Å². The molecule has 30 heavy (non-hydrogen) atoms. The number of benzene rings is 2. The topological polar surface area (TPSA) is 71.4 Å². The lowest BCUT2D eigenvalue weighted by Gasteiger charge is -2.31. The molecule has 1 aliphatic rings. The number of rotatable bonds is 6. The van der Waals surface area contributed by atoms with E-state index in [0.717, 1.165) is 22.6 Å². The predicted octanol–water partition coefficient (Wildman–Crippen LogP) is 3.48. The summed E-state index contributed by atoms with van der Waals surface area (Å²) in [6, 6.07) is 14.9. The number of esters is 2. The summed E-state index contributed by atoms with van der Waals surface area (Å²) in [4.78, 5) is 26.6. The molecule has 0 aliphatic carbocycles. The van der Waals surface area contributed by atoms with Gasteiger partial charge in [0.05, 0.1) is 30.7 Å². The summed E-state index contributed by atoms with van der Waals surface area (Å²) < 4.78 is 10.1. The zero-order valence-electron chi connectivity index (χ0n) is 18.0. The second-order valence-electron chi connectivity index (χ2n) is 7.51. The van der Waals surface area contributed by atoms with Crippen molar-refractivity contribution in [2.24, 2.45) is 5.10 Å². The molecule has 0 aromatic heterocycles. The number of anilines is 2. The van der Waals surface area contributed by atoms with Crippen molar-refractivity contribution in [2.75, 3.05) is 37.7 Å². The molecule has 0 radical (unpaired) electrons. The van der Waals surface area contributed by atoms with Gasteiger partial charge in [0.25, 0.3) is 0 Å². The van der Waals surface area contributed by atoms with Crippen LogP contribution < -0.4 is 9.91 Å². The molecule has 7 nitrogen and oxygen atoms in total. The first-order valence-electron chi connectivity index (χ1n) is 9.81. The third-order valence-corrected chi connectivity index (χ3v) is 5.16. The first-order chi connectivity index (χ1) is 14.3. The molecule has 0 saturated heterocycles. The molecule has 2 aromatic carbocycles. The second-order valence-corrected chi connectivity index (χ2v) is 7.51. The fraction of sp³-hybridized carbons (Fsp3) is 0.348. The highest BCUT2D eigenvalue weighted by atomic mass is 16.5. The van der Waals surface area contributed by atoms with Crippen molar-refractivity contribution in [1.82, 2.24) is 0 Å². The zero-order chi connectivity index (χ0) is 21.9. The number of nitrogens with zero attached hydrogens (tertiary/aromatic N) is 3. The Balaban J connectivity index is 1.95. The molecule has 1 atom stereocenters. The fourth-order valence-electron chi connectivity index (χ4n) is 3.45. The van der Waals surface area contributed by atoms with E-state index in [9.17, 15) is 9.59 Å². The van der Waals surface area contributed by atoms with Crippen LogP contribution in [0.3, 0.4) is 0 Å². The standard InChI is InChI=1S/C23H27N3O4/c1-6-30-21(27)17-9-7-16(8-10-17)20-15-23(2,22(28)29-5)26(24-20)19-13-11-18(12-14-19)25(3)4/h7-14H,6,15H2,1-5H3. The molecule has 0 saturated carbocycles. The normalized spacial score (nSPS) is 18.0. The zero-order valence-corrected chi connectivity index (χ0v) is 18.0. The fourth-order valence-corrected chi connectivity index (χ4v) is 3.45. The van der Waals surface area contributed by atoms with E-state index in [1.807, 2.05) is 62.3 Å². The molecule has 1 aliphatic heterocycles. The monoisotopic (exact) mass is 409 g/mol. The van der Waals surface area contributed by atoms with Gasteiger partial charge in [-0.15, -0.1) is 0 Å². The summed E-state index contributed by atoms with van der Waals surface area (Å²) in [6.07, 6.45) is 0.383. The lowest BCUT2D eigenvalue weighted by atomic mass is 9.92. The summed E-state index contributed by atoms with van der Waals surface area (Å²) >= 11 is 0. The van der Waals surface area contributed by atoms with E-state index in [4.69, 9.17) is 14.6 Å². The van der Waals surface area contributed by atoms with Gasteiger partial charge >= 0.3 is 11.9 Å². The van der Waals surface area contributed by atoms with Crippen LogP contribution in [0.5, 0.6) is 0 Å². The quantitative estimate of drug-likeness (QED) is 0.681. The number of methoxy groups -OCH3 is 1. The number of carbonyl (C=O) groups excluding carboxylic acids is 2. The van der Waals surface area contributed by atoms with Gasteiger partial charge in [-0.3, -0.25) is 0 Å². The van der Waals surface area contributed by atoms with E-state index < -0.39 is 5.54 Å². The van der Waals surface area contributed by atoms with E-state index >= 15 is 0 Å². The van der Waals surface area contributed by atoms with Crippen molar-refractivity contribution in [3.05, 3.63) is 59.7 Å². The van der Waals surface area contributed by atoms with Gasteiger partial charge in [0.1, 0.15) is 0 Å². The summed E-state index contributed by atoms with van der Waals surface area (Å²) in [5, 5.41) is 6.47. The third-order valence-electron chi connectivity index (χ3n) is 5.16. The highest BCUT2D eigenvalue weighted by Crippen LogP contribution is 2.36. The number of hydrogen-bond acceptors (Lipinski definition) is 7. The minimum atomic E-state index is -0.969. The predicted molar refractivity (Wildman–Crippen MR) is 117 cm³/mol. The Bertz CT molecular complexity index is 951. The SMILES string of the molecule is CCOC(=O)c1ccc(C2=NN(c3ccc(N(C)C)cc3)C(C)(C(=O)OC)C2)cc1. The van der Waals surface area contributed by atoms with Crippen molar-refractivity contribution in [1.29, 1.82) is 0 Å². The molecule has 0 N–H and O–H groups in total. The van der Waals surface area contributed by atoms with Gasteiger partial charge in [0.2, 0.25) is 0 Å². The Morgan fingerprint density at radius 3 is 2.27 bits per heavy atom. The van der Waals surface area contributed by atoms with Gasteiger partial charge < -0.3 is 14.4 Å². The van der Waals surface area contributed by atoms with E-state index in [1.165, 1.54) is 7.11 Å². The molecule has 1 heterocycles. The summed E-state index contributed by atoms with van der Waals surface area (Å²) in [6.45, 7) is 3.92. The lowest BCUT2D eigenvalue weighted by Crippen LogP contribution is -2.48. The highest BCUT2D eigenvalue weighted by molar-refractivity contribution is 6.08. The largest absolute Gasteiger partial charge is 0.467 e. The van der Waals surface area contributed by atoms with Crippen LogP contribution in [0.2, 0.25) is 0 Å². The maximum absolute atomic E-state index is 12.7. The molecule has 3 rings (SSSR count). The van der Waals surface area contributed by atoms with Crippen LogP contribution in [0.4, 0.5) is 11.4 Å². The maximum Gasteiger partial charge on any atom is 0.338 e.